The fourth-order valence-electron chi connectivity index (χ4n) is 1.06. The molecule has 5 nitrogen and oxygen atoms in total. The second-order valence-electron chi connectivity index (χ2n) is 2.74. The number of hydrogen-bond donors (Lipinski definition) is 1. The monoisotopic (exact) mass is 253 g/mol. The third-order valence-corrected chi connectivity index (χ3v) is 2.60. The molecular formula is C8H9F2NO4S. The largest absolute Gasteiger partial charge is 0.495 e. The summed E-state index contributed by atoms with van der Waals surface area (Å²) in [4.78, 5) is -0.409. The molecule has 0 fully saturated rings. The molecule has 90 valence electrons. The fraction of sp³-hybridized carbons (Fsp3) is 0.250. The topological polar surface area (TPSA) is 78.6 Å². The molecule has 0 saturated carbocycles. The molecule has 0 bridgehead atoms. The zero-order valence-electron chi connectivity index (χ0n) is 8.18. The Morgan fingerprint density at radius 2 is 2.00 bits per heavy atom. The van der Waals surface area contributed by atoms with Gasteiger partial charge in [0.15, 0.2) is 0 Å². The maximum absolute atomic E-state index is 11.9. The summed E-state index contributed by atoms with van der Waals surface area (Å²) in [7, 11) is -2.82. The van der Waals surface area contributed by atoms with Crippen LogP contribution in [-0.2, 0) is 10.0 Å². The van der Waals surface area contributed by atoms with E-state index >= 15 is 0 Å². The molecule has 0 aliphatic rings. The van der Waals surface area contributed by atoms with Crippen LogP contribution in [0.15, 0.2) is 23.1 Å². The zero-order chi connectivity index (χ0) is 12.3. The van der Waals surface area contributed by atoms with Gasteiger partial charge >= 0.3 is 6.61 Å². The Bertz CT molecular complexity index is 475. The van der Waals surface area contributed by atoms with E-state index in [1.54, 1.807) is 0 Å². The minimum Gasteiger partial charge on any atom is -0.495 e. The van der Waals surface area contributed by atoms with Crippen molar-refractivity contribution in [3.63, 3.8) is 0 Å². The second kappa shape index (κ2) is 4.62. The van der Waals surface area contributed by atoms with Crippen LogP contribution in [0.25, 0.3) is 0 Å². The number of sulfonamides is 1. The van der Waals surface area contributed by atoms with Gasteiger partial charge < -0.3 is 9.47 Å². The molecule has 8 heteroatoms. The lowest BCUT2D eigenvalue weighted by atomic mass is 10.3. The van der Waals surface area contributed by atoms with Crippen LogP contribution in [0.2, 0.25) is 0 Å². The number of primary sulfonamides is 1. The highest BCUT2D eigenvalue weighted by molar-refractivity contribution is 7.89. The van der Waals surface area contributed by atoms with Gasteiger partial charge in [-0.25, -0.2) is 13.6 Å². The van der Waals surface area contributed by atoms with E-state index in [9.17, 15) is 17.2 Å². The molecule has 1 aromatic rings. The fourth-order valence-corrected chi connectivity index (χ4v) is 1.77. The lowest BCUT2D eigenvalue weighted by Gasteiger charge is -2.09. The van der Waals surface area contributed by atoms with Gasteiger partial charge in [-0.1, -0.05) is 0 Å². The van der Waals surface area contributed by atoms with Crippen LogP contribution >= 0.6 is 0 Å². The lowest BCUT2D eigenvalue weighted by molar-refractivity contribution is -0.0500. The molecular weight excluding hydrogens is 244 g/mol. The third kappa shape index (κ3) is 3.04. The standard InChI is InChI=1S/C8H9F2NO4S/c1-14-6-3-2-5(15-8(9)10)4-7(6)16(11,12)13/h2-4,8H,1H3,(H2,11,12,13). The van der Waals surface area contributed by atoms with Gasteiger partial charge in [-0.05, 0) is 12.1 Å². The van der Waals surface area contributed by atoms with Crippen molar-refractivity contribution in [3.8, 4) is 11.5 Å². The van der Waals surface area contributed by atoms with Gasteiger partial charge in [-0.15, -0.1) is 0 Å². The van der Waals surface area contributed by atoms with Gasteiger partial charge in [0.25, 0.3) is 0 Å². The molecule has 1 aromatic carbocycles. The Balaban J connectivity index is 3.22. The quantitative estimate of drug-likeness (QED) is 0.866. The Labute approximate surface area is 90.8 Å². The first-order chi connectivity index (χ1) is 7.34. The van der Waals surface area contributed by atoms with Gasteiger partial charge in [0.1, 0.15) is 16.4 Å². The molecule has 0 radical (unpaired) electrons. The predicted octanol–water partition coefficient (Wildman–Crippen LogP) is 0.944. The number of hydrogen-bond acceptors (Lipinski definition) is 4. The molecule has 0 heterocycles. The van der Waals surface area contributed by atoms with Crippen LogP contribution in [0.3, 0.4) is 0 Å². The van der Waals surface area contributed by atoms with E-state index in [0.29, 0.717) is 0 Å². The van der Waals surface area contributed by atoms with Crippen molar-refractivity contribution in [1.29, 1.82) is 0 Å². The number of benzene rings is 1. The van der Waals surface area contributed by atoms with Crippen LogP contribution in [0.5, 0.6) is 11.5 Å². The first-order valence-corrected chi connectivity index (χ1v) is 5.55. The summed E-state index contributed by atoms with van der Waals surface area (Å²) >= 11 is 0. The molecule has 0 spiro atoms. The first kappa shape index (κ1) is 12.7. The van der Waals surface area contributed by atoms with E-state index in [1.807, 2.05) is 0 Å². The third-order valence-electron chi connectivity index (χ3n) is 1.67. The van der Waals surface area contributed by atoms with E-state index in [1.165, 1.54) is 13.2 Å². The number of alkyl halides is 2. The van der Waals surface area contributed by atoms with Crippen molar-refractivity contribution < 1.29 is 26.7 Å². The number of ether oxygens (including phenoxy) is 2. The van der Waals surface area contributed by atoms with Crippen LogP contribution in [-0.4, -0.2) is 22.1 Å². The average Bonchev–Trinajstić information content (AvgIpc) is 2.15. The molecule has 0 amide bonds. The van der Waals surface area contributed by atoms with Crippen molar-refractivity contribution in [2.24, 2.45) is 5.14 Å². The first-order valence-electron chi connectivity index (χ1n) is 4.00. The molecule has 0 unspecified atom stereocenters. The van der Waals surface area contributed by atoms with E-state index in [2.05, 4.69) is 4.74 Å². The summed E-state index contributed by atoms with van der Waals surface area (Å²) in [6.07, 6.45) is 0. The smallest absolute Gasteiger partial charge is 0.387 e. The summed E-state index contributed by atoms with van der Waals surface area (Å²) in [6, 6.07) is 3.21. The van der Waals surface area contributed by atoms with Crippen molar-refractivity contribution in [2.75, 3.05) is 7.11 Å². The number of nitrogens with two attached hydrogens (primary N) is 1. The minimum absolute atomic E-state index is 0.0379. The molecule has 2 N–H and O–H groups in total. The Morgan fingerprint density at radius 3 is 2.44 bits per heavy atom. The summed E-state index contributed by atoms with van der Waals surface area (Å²) in [6.45, 7) is -3.04. The Morgan fingerprint density at radius 1 is 1.38 bits per heavy atom. The second-order valence-corrected chi connectivity index (χ2v) is 4.27. The van der Waals surface area contributed by atoms with Gasteiger partial charge in [0, 0.05) is 6.07 Å². The van der Waals surface area contributed by atoms with E-state index in [0.717, 1.165) is 12.1 Å². The average molecular weight is 253 g/mol. The van der Waals surface area contributed by atoms with E-state index in [-0.39, 0.29) is 11.5 Å². The minimum atomic E-state index is -4.05. The molecule has 0 saturated heterocycles. The Hall–Kier alpha value is -1.41. The molecule has 0 aliphatic carbocycles. The van der Waals surface area contributed by atoms with Gasteiger partial charge in [0.2, 0.25) is 10.0 Å². The molecule has 16 heavy (non-hydrogen) atoms. The summed E-state index contributed by atoms with van der Waals surface area (Å²) in [5.74, 6) is -0.344. The highest BCUT2D eigenvalue weighted by atomic mass is 32.2. The summed E-state index contributed by atoms with van der Waals surface area (Å²) < 4.78 is 54.8. The number of rotatable bonds is 4. The normalized spacial score (nSPS) is 11.6. The van der Waals surface area contributed by atoms with Gasteiger partial charge in [-0.3, -0.25) is 0 Å². The zero-order valence-corrected chi connectivity index (χ0v) is 9.00. The maximum Gasteiger partial charge on any atom is 0.387 e. The molecule has 0 aromatic heterocycles. The van der Waals surface area contributed by atoms with Crippen molar-refractivity contribution in [2.45, 2.75) is 11.5 Å². The van der Waals surface area contributed by atoms with Crippen LogP contribution in [0, 0.1) is 0 Å². The number of methoxy groups -OCH3 is 1. The molecule has 0 atom stereocenters. The highest BCUT2D eigenvalue weighted by Gasteiger charge is 2.17. The maximum atomic E-state index is 11.9. The lowest BCUT2D eigenvalue weighted by Crippen LogP contribution is -2.14. The Kier molecular flexibility index (Phi) is 3.66. The molecule has 0 aliphatic heterocycles. The number of halogens is 2. The van der Waals surface area contributed by atoms with Crippen molar-refractivity contribution in [3.05, 3.63) is 18.2 Å². The van der Waals surface area contributed by atoms with E-state index < -0.39 is 21.5 Å². The van der Waals surface area contributed by atoms with Gasteiger partial charge in [0.05, 0.1) is 7.11 Å². The predicted molar refractivity (Wildman–Crippen MR) is 51.0 cm³/mol. The van der Waals surface area contributed by atoms with Crippen LogP contribution < -0.4 is 14.6 Å². The molecule has 1 rings (SSSR count). The summed E-state index contributed by atoms with van der Waals surface area (Å²) in [5, 5.41) is 4.88. The van der Waals surface area contributed by atoms with Crippen LogP contribution in [0.4, 0.5) is 8.78 Å². The summed E-state index contributed by atoms with van der Waals surface area (Å²) in [5.41, 5.74) is 0. The van der Waals surface area contributed by atoms with Gasteiger partial charge in [-0.2, -0.15) is 8.78 Å². The SMILES string of the molecule is COc1ccc(OC(F)F)cc1S(N)(=O)=O. The highest BCUT2D eigenvalue weighted by Crippen LogP contribution is 2.27. The van der Waals surface area contributed by atoms with Crippen LogP contribution in [0.1, 0.15) is 0 Å². The van der Waals surface area contributed by atoms with Crippen molar-refractivity contribution >= 4 is 10.0 Å². The van der Waals surface area contributed by atoms with E-state index in [4.69, 9.17) is 9.88 Å². The van der Waals surface area contributed by atoms with Crippen molar-refractivity contribution in [1.82, 2.24) is 0 Å².